The fraction of sp³-hybridized carbons (Fsp3) is 0.350. The summed E-state index contributed by atoms with van der Waals surface area (Å²) in [7, 11) is 0. The Kier molecular flexibility index (Phi) is 5.22. The molecule has 0 aliphatic carbocycles. The number of amides is 1. The first-order valence-corrected chi connectivity index (χ1v) is 8.96. The Morgan fingerprint density at radius 3 is 2.81 bits per heavy atom. The Morgan fingerprint density at radius 1 is 1.15 bits per heavy atom. The minimum absolute atomic E-state index is 0.0568. The van der Waals surface area contributed by atoms with Crippen LogP contribution in [-0.2, 0) is 9.53 Å². The van der Waals surface area contributed by atoms with E-state index in [-0.39, 0.29) is 24.6 Å². The van der Waals surface area contributed by atoms with Crippen LogP contribution in [0.1, 0.15) is 18.1 Å². The van der Waals surface area contributed by atoms with Crippen molar-refractivity contribution in [3.05, 3.63) is 53.8 Å². The maximum atomic E-state index is 13.1. The molecule has 142 valence electrons. The van der Waals surface area contributed by atoms with Crippen molar-refractivity contribution in [1.82, 2.24) is 4.90 Å². The highest BCUT2D eigenvalue weighted by atomic mass is 19.1. The Hall–Kier alpha value is -2.64. The second-order valence-corrected chi connectivity index (χ2v) is 6.58. The SMILES string of the molecule is O=C(CCN1CCOC(c2ccc(F)cc2)C1)Nc1ccc2c(c1)OCO2. The molecule has 1 saturated heterocycles. The molecule has 2 aromatic rings. The Balaban J connectivity index is 1.27. The van der Waals surface area contributed by atoms with Crippen LogP contribution in [0, 0.1) is 5.82 Å². The van der Waals surface area contributed by atoms with Gasteiger partial charge < -0.3 is 19.5 Å². The minimum atomic E-state index is -0.258. The molecule has 2 aliphatic rings. The number of benzene rings is 2. The van der Waals surface area contributed by atoms with Gasteiger partial charge in [-0.05, 0) is 29.8 Å². The molecule has 6 nitrogen and oxygen atoms in total. The van der Waals surface area contributed by atoms with E-state index >= 15 is 0 Å². The Labute approximate surface area is 156 Å². The lowest BCUT2D eigenvalue weighted by Crippen LogP contribution is -2.39. The summed E-state index contributed by atoms with van der Waals surface area (Å²) in [5, 5.41) is 2.89. The van der Waals surface area contributed by atoms with E-state index in [4.69, 9.17) is 14.2 Å². The Morgan fingerprint density at radius 2 is 1.96 bits per heavy atom. The summed E-state index contributed by atoms with van der Waals surface area (Å²) >= 11 is 0. The predicted octanol–water partition coefficient (Wildman–Crippen LogP) is 2.96. The molecule has 0 spiro atoms. The van der Waals surface area contributed by atoms with Crippen LogP contribution in [0.25, 0.3) is 0 Å². The average molecular weight is 372 g/mol. The molecule has 1 unspecified atom stereocenters. The molecule has 0 radical (unpaired) electrons. The number of morpholine rings is 1. The molecule has 7 heteroatoms. The van der Waals surface area contributed by atoms with Crippen LogP contribution in [0.4, 0.5) is 10.1 Å². The molecule has 27 heavy (non-hydrogen) atoms. The van der Waals surface area contributed by atoms with Gasteiger partial charge in [-0.25, -0.2) is 4.39 Å². The molecular formula is C20H21FN2O4. The van der Waals surface area contributed by atoms with E-state index in [1.54, 1.807) is 30.3 Å². The third kappa shape index (κ3) is 4.37. The van der Waals surface area contributed by atoms with Crippen molar-refractivity contribution in [2.75, 3.05) is 38.4 Å². The van der Waals surface area contributed by atoms with Crippen molar-refractivity contribution < 1.29 is 23.4 Å². The number of nitrogens with zero attached hydrogens (tertiary/aromatic N) is 1. The van der Waals surface area contributed by atoms with E-state index in [2.05, 4.69) is 10.2 Å². The van der Waals surface area contributed by atoms with Gasteiger partial charge in [-0.2, -0.15) is 0 Å². The molecule has 1 atom stereocenters. The summed E-state index contributed by atoms with van der Waals surface area (Å²) in [5.41, 5.74) is 1.64. The number of rotatable bonds is 5. The highest BCUT2D eigenvalue weighted by Gasteiger charge is 2.22. The topological polar surface area (TPSA) is 60.0 Å². The molecule has 1 amide bonds. The molecule has 2 aliphatic heterocycles. The van der Waals surface area contributed by atoms with Crippen molar-refractivity contribution in [3.63, 3.8) is 0 Å². The summed E-state index contributed by atoms with van der Waals surface area (Å²) in [6.45, 7) is 2.89. The fourth-order valence-corrected chi connectivity index (χ4v) is 3.24. The van der Waals surface area contributed by atoms with E-state index in [0.717, 1.165) is 12.1 Å². The number of hydrogen-bond donors (Lipinski definition) is 1. The molecule has 2 heterocycles. The highest BCUT2D eigenvalue weighted by Crippen LogP contribution is 2.34. The number of fused-ring (bicyclic) bond motifs is 1. The largest absolute Gasteiger partial charge is 0.454 e. The van der Waals surface area contributed by atoms with E-state index in [1.165, 1.54) is 12.1 Å². The third-order valence-electron chi connectivity index (χ3n) is 4.70. The molecule has 1 fully saturated rings. The van der Waals surface area contributed by atoms with E-state index in [9.17, 15) is 9.18 Å². The van der Waals surface area contributed by atoms with Gasteiger partial charge in [0.15, 0.2) is 11.5 Å². The van der Waals surface area contributed by atoms with Crippen LogP contribution in [0.3, 0.4) is 0 Å². The predicted molar refractivity (Wildman–Crippen MR) is 97.3 cm³/mol. The number of hydrogen-bond acceptors (Lipinski definition) is 5. The molecule has 2 aromatic carbocycles. The lowest BCUT2D eigenvalue weighted by Gasteiger charge is -2.33. The van der Waals surface area contributed by atoms with Gasteiger partial charge in [0.1, 0.15) is 5.82 Å². The van der Waals surface area contributed by atoms with Crippen LogP contribution < -0.4 is 14.8 Å². The van der Waals surface area contributed by atoms with E-state index in [0.29, 0.717) is 43.3 Å². The first-order chi connectivity index (χ1) is 13.2. The van der Waals surface area contributed by atoms with Crippen LogP contribution in [0.2, 0.25) is 0 Å². The lowest BCUT2D eigenvalue weighted by molar-refractivity contribution is -0.117. The first-order valence-electron chi connectivity index (χ1n) is 8.96. The summed E-state index contributed by atoms with van der Waals surface area (Å²) in [4.78, 5) is 14.5. The molecule has 0 saturated carbocycles. The highest BCUT2D eigenvalue weighted by molar-refractivity contribution is 5.91. The monoisotopic (exact) mass is 372 g/mol. The number of anilines is 1. The summed E-state index contributed by atoms with van der Waals surface area (Å²) in [6.07, 6.45) is 0.279. The van der Waals surface area contributed by atoms with Gasteiger partial charge in [-0.1, -0.05) is 12.1 Å². The van der Waals surface area contributed by atoms with Crippen molar-refractivity contribution >= 4 is 11.6 Å². The summed E-state index contributed by atoms with van der Waals surface area (Å²) < 4.78 is 29.5. The zero-order valence-corrected chi connectivity index (χ0v) is 14.8. The summed E-state index contributed by atoms with van der Waals surface area (Å²) in [5.74, 6) is 1.02. The maximum Gasteiger partial charge on any atom is 0.231 e. The maximum absolute atomic E-state index is 13.1. The van der Waals surface area contributed by atoms with Crippen molar-refractivity contribution in [2.24, 2.45) is 0 Å². The van der Waals surface area contributed by atoms with E-state index in [1.807, 2.05) is 0 Å². The van der Waals surface area contributed by atoms with Crippen molar-refractivity contribution in [1.29, 1.82) is 0 Å². The average Bonchev–Trinajstić information content (AvgIpc) is 3.15. The van der Waals surface area contributed by atoms with Gasteiger partial charge in [0, 0.05) is 37.8 Å². The standard InChI is InChI=1S/C20H21FN2O4/c21-15-3-1-14(2-4-15)19-12-23(9-10-25-19)8-7-20(24)22-16-5-6-17-18(11-16)27-13-26-17/h1-6,11,19H,7-10,12-13H2,(H,22,24). The van der Waals surface area contributed by atoms with E-state index < -0.39 is 0 Å². The molecule has 0 aromatic heterocycles. The van der Waals surface area contributed by atoms with Gasteiger partial charge in [0.25, 0.3) is 0 Å². The number of nitrogens with one attached hydrogen (secondary N) is 1. The van der Waals surface area contributed by atoms with Gasteiger partial charge in [0.05, 0.1) is 12.7 Å². The van der Waals surface area contributed by atoms with Crippen molar-refractivity contribution in [2.45, 2.75) is 12.5 Å². The number of halogens is 1. The zero-order valence-electron chi connectivity index (χ0n) is 14.8. The third-order valence-corrected chi connectivity index (χ3v) is 4.70. The smallest absolute Gasteiger partial charge is 0.231 e. The quantitative estimate of drug-likeness (QED) is 0.875. The van der Waals surface area contributed by atoms with Gasteiger partial charge in [-0.3, -0.25) is 9.69 Å². The second kappa shape index (κ2) is 7.94. The Bertz CT molecular complexity index is 812. The van der Waals surface area contributed by atoms with Crippen molar-refractivity contribution in [3.8, 4) is 11.5 Å². The van der Waals surface area contributed by atoms with Gasteiger partial charge >= 0.3 is 0 Å². The zero-order chi connectivity index (χ0) is 18.6. The number of carbonyl (C=O) groups excluding carboxylic acids is 1. The number of carbonyl (C=O) groups is 1. The first kappa shape index (κ1) is 17.8. The normalized spacial score (nSPS) is 19.1. The van der Waals surface area contributed by atoms with Gasteiger partial charge in [0.2, 0.25) is 12.7 Å². The van der Waals surface area contributed by atoms with Gasteiger partial charge in [-0.15, -0.1) is 0 Å². The van der Waals surface area contributed by atoms with Crippen LogP contribution in [0.5, 0.6) is 11.5 Å². The fourth-order valence-electron chi connectivity index (χ4n) is 3.24. The molecule has 0 bridgehead atoms. The molecule has 4 rings (SSSR count). The van der Waals surface area contributed by atoms with Crippen LogP contribution in [-0.4, -0.2) is 43.8 Å². The second-order valence-electron chi connectivity index (χ2n) is 6.58. The molecular weight excluding hydrogens is 351 g/mol. The lowest BCUT2D eigenvalue weighted by atomic mass is 10.1. The van der Waals surface area contributed by atoms with Crippen LogP contribution in [0.15, 0.2) is 42.5 Å². The van der Waals surface area contributed by atoms with Crippen LogP contribution >= 0.6 is 0 Å². The minimum Gasteiger partial charge on any atom is -0.454 e. The molecule has 1 N–H and O–H groups in total. The summed E-state index contributed by atoms with van der Waals surface area (Å²) in [6, 6.07) is 11.7. The number of ether oxygens (including phenoxy) is 3.